The zero-order chi connectivity index (χ0) is 12.8. The second kappa shape index (κ2) is 6.45. The second-order valence-electron chi connectivity index (χ2n) is 4.78. The first-order valence-corrected chi connectivity index (χ1v) is 6.58. The molecule has 18 heavy (non-hydrogen) atoms. The molecule has 1 aliphatic rings. The summed E-state index contributed by atoms with van der Waals surface area (Å²) in [5.41, 5.74) is 6.91. The van der Waals surface area contributed by atoms with E-state index in [1.807, 2.05) is 25.1 Å². The van der Waals surface area contributed by atoms with Crippen molar-refractivity contribution in [2.24, 2.45) is 5.73 Å². The van der Waals surface area contributed by atoms with E-state index in [0.717, 1.165) is 43.8 Å². The van der Waals surface area contributed by atoms with Gasteiger partial charge in [-0.3, -0.25) is 0 Å². The van der Waals surface area contributed by atoms with Crippen LogP contribution < -0.4 is 15.2 Å². The number of nitrogens with two attached hydrogens (primary N) is 1. The van der Waals surface area contributed by atoms with Crippen molar-refractivity contribution in [1.82, 2.24) is 0 Å². The van der Waals surface area contributed by atoms with Crippen molar-refractivity contribution in [3.63, 3.8) is 0 Å². The molecule has 1 atom stereocenters. The average molecular weight is 247 g/mol. The topological polar surface area (TPSA) is 44.5 Å². The number of hydrogen-bond donors (Lipinski definition) is 1. The lowest BCUT2D eigenvalue weighted by Crippen LogP contribution is -2.14. The van der Waals surface area contributed by atoms with Crippen LogP contribution in [0.2, 0.25) is 0 Å². The molecule has 3 heteroatoms. The summed E-state index contributed by atoms with van der Waals surface area (Å²) in [7, 11) is 0. The molecule has 0 aliphatic carbocycles. The third-order valence-electron chi connectivity index (χ3n) is 2.99. The van der Waals surface area contributed by atoms with E-state index in [4.69, 9.17) is 15.2 Å². The summed E-state index contributed by atoms with van der Waals surface area (Å²) in [6.45, 7) is 2.77. The van der Waals surface area contributed by atoms with E-state index in [1.54, 1.807) is 6.26 Å². The van der Waals surface area contributed by atoms with Crippen LogP contribution in [-0.2, 0) is 6.42 Å². The van der Waals surface area contributed by atoms with Crippen molar-refractivity contribution >= 4 is 0 Å². The number of fused-ring (bicyclic) bond motifs is 1. The van der Waals surface area contributed by atoms with E-state index in [9.17, 15) is 0 Å². The molecule has 98 valence electrons. The van der Waals surface area contributed by atoms with E-state index in [2.05, 4.69) is 6.07 Å². The van der Waals surface area contributed by atoms with Gasteiger partial charge in [-0.25, -0.2) is 0 Å². The van der Waals surface area contributed by atoms with Crippen LogP contribution in [0, 0.1) is 0 Å². The Bertz CT molecular complexity index is 413. The summed E-state index contributed by atoms with van der Waals surface area (Å²) in [5.74, 6) is 1.79. The normalized spacial score (nSPS) is 14.8. The fourth-order valence-electron chi connectivity index (χ4n) is 1.96. The third-order valence-corrected chi connectivity index (χ3v) is 2.99. The Hall–Kier alpha value is -1.48. The molecule has 0 bridgehead atoms. The first kappa shape index (κ1) is 13.0. The Morgan fingerprint density at radius 2 is 2.28 bits per heavy atom. The van der Waals surface area contributed by atoms with Crippen LogP contribution in [0.1, 0.15) is 31.7 Å². The molecule has 2 rings (SSSR count). The largest absolute Gasteiger partial charge is 0.493 e. The van der Waals surface area contributed by atoms with Crippen LogP contribution in [0.25, 0.3) is 0 Å². The van der Waals surface area contributed by atoms with Gasteiger partial charge in [-0.15, -0.1) is 0 Å². The lowest BCUT2D eigenvalue weighted by molar-refractivity contribution is 0.302. The molecule has 0 saturated heterocycles. The minimum Gasteiger partial charge on any atom is -0.493 e. The molecule has 0 aromatic heterocycles. The van der Waals surface area contributed by atoms with Gasteiger partial charge in [0.15, 0.2) is 0 Å². The summed E-state index contributed by atoms with van der Waals surface area (Å²) in [6, 6.07) is 6.32. The van der Waals surface area contributed by atoms with Gasteiger partial charge in [0.2, 0.25) is 0 Å². The van der Waals surface area contributed by atoms with Gasteiger partial charge in [0.05, 0.1) is 12.9 Å². The lowest BCUT2D eigenvalue weighted by Gasteiger charge is -2.13. The van der Waals surface area contributed by atoms with Crippen molar-refractivity contribution < 1.29 is 9.47 Å². The molecule has 1 aliphatic heterocycles. The molecule has 1 heterocycles. The van der Waals surface area contributed by atoms with E-state index in [1.165, 1.54) is 5.56 Å². The van der Waals surface area contributed by atoms with Gasteiger partial charge >= 0.3 is 0 Å². The summed E-state index contributed by atoms with van der Waals surface area (Å²) >= 11 is 0. The second-order valence-corrected chi connectivity index (χ2v) is 4.78. The predicted octanol–water partition coefficient (Wildman–Crippen LogP) is 3.03. The maximum atomic E-state index is 5.71. The van der Waals surface area contributed by atoms with Crippen molar-refractivity contribution in [3.05, 3.63) is 36.1 Å². The maximum absolute atomic E-state index is 5.71. The van der Waals surface area contributed by atoms with Gasteiger partial charge in [-0.2, -0.15) is 0 Å². The molecule has 0 amide bonds. The molecule has 1 aromatic carbocycles. The Kier molecular flexibility index (Phi) is 4.65. The van der Waals surface area contributed by atoms with Gasteiger partial charge < -0.3 is 15.2 Å². The highest BCUT2D eigenvalue weighted by Crippen LogP contribution is 2.28. The minimum absolute atomic E-state index is 0.286. The van der Waals surface area contributed by atoms with Crippen molar-refractivity contribution in [2.75, 3.05) is 6.61 Å². The Balaban J connectivity index is 1.77. The fraction of sp³-hybridized carbons (Fsp3) is 0.467. The predicted molar refractivity (Wildman–Crippen MR) is 72.9 cm³/mol. The Morgan fingerprint density at radius 1 is 1.39 bits per heavy atom. The molecule has 2 N–H and O–H groups in total. The first-order chi connectivity index (χ1) is 8.75. The molecule has 0 saturated carbocycles. The molecule has 0 unspecified atom stereocenters. The fourth-order valence-corrected chi connectivity index (χ4v) is 1.96. The van der Waals surface area contributed by atoms with Crippen LogP contribution >= 0.6 is 0 Å². The third kappa shape index (κ3) is 3.77. The molecule has 0 radical (unpaired) electrons. The standard InChI is InChI=1S/C15H21NO2/c1-12(16)5-2-3-9-17-14-8-7-13-6-4-10-18-15(13)11-14/h4,7-8,10-12H,2-3,5-6,9,16H2,1H3/t12-/m0/s1. The van der Waals surface area contributed by atoms with Crippen LogP contribution in [0.4, 0.5) is 0 Å². The lowest BCUT2D eigenvalue weighted by atomic mass is 10.1. The van der Waals surface area contributed by atoms with E-state index >= 15 is 0 Å². The Morgan fingerprint density at radius 3 is 3.11 bits per heavy atom. The number of hydrogen-bond acceptors (Lipinski definition) is 3. The number of ether oxygens (including phenoxy) is 2. The number of rotatable bonds is 6. The van der Waals surface area contributed by atoms with Crippen LogP contribution in [0.15, 0.2) is 30.5 Å². The van der Waals surface area contributed by atoms with Gasteiger partial charge in [0, 0.05) is 12.1 Å². The van der Waals surface area contributed by atoms with E-state index in [-0.39, 0.29) is 6.04 Å². The van der Waals surface area contributed by atoms with Crippen LogP contribution in [-0.4, -0.2) is 12.6 Å². The molecule has 3 nitrogen and oxygen atoms in total. The zero-order valence-electron chi connectivity index (χ0n) is 10.9. The number of unbranched alkanes of at least 4 members (excludes halogenated alkanes) is 1. The number of allylic oxidation sites excluding steroid dienone is 1. The van der Waals surface area contributed by atoms with Gasteiger partial charge in [0.25, 0.3) is 0 Å². The van der Waals surface area contributed by atoms with E-state index < -0.39 is 0 Å². The summed E-state index contributed by atoms with van der Waals surface area (Å²) in [4.78, 5) is 0. The van der Waals surface area contributed by atoms with Crippen molar-refractivity contribution in [1.29, 1.82) is 0 Å². The van der Waals surface area contributed by atoms with E-state index in [0.29, 0.717) is 0 Å². The van der Waals surface area contributed by atoms with Crippen molar-refractivity contribution in [3.8, 4) is 11.5 Å². The average Bonchev–Trinajstić information content (AvgIpc) is 2.38. The smallest absolute Gasteiger partial charge is 0.133 e. The maximum Gasteiger partial charge on any atom is 0.133 e. The molecular weight excluding hydrogens is 226 g/mol. The highest BCUT2D eigenvalue weighted by atomic mass is 16.5. The zero-order valence-corrected chi connectivity index (χ0v) is 10.9. The summed E-state index contributed by atoms with van der Waals surface area (Å²) in [5, 5.41) is 0. The molecule has 0 spiro atoms. The summed E-state index contributed by atoms with van der Waals surface area (Å²) < 4.78 is 11.2. The van der Waals surface area contributed by atoms with Crippen LogP contribution in [0.3, 0.4) is 0 Å². The van der Waals surface area contributed by atoms with Crippen LogP contribution in [0.5, 0.6) is 11.5 Å². The van der Waals surface area contributed by atoms with Gasteiger partial charge in [-0.1, -0.05) is 6.07 Å². The quantitative estimate of drug-likeness (QED) is 0.786. The highest BCUT2D eigenvalue weighted by molar-refractivity contribution is 5.43. The van der Waals surface area contributed by atoms with Gasteiger partial charge in [0.1, 0.15) is 11.5 Å². The minimum atomic E-state index is 0.286. The Labute approximate surface area is 109 Å². The number of benzene rings is 1. The SMILES string of the molecule is C[C@H](N)CCCCOc1ccc2c(c1)OC=CC2. The molecule has 0 fully saturated rings. The van der Waals surface area contributed by atoms with Gasteiger partial charge in [-0.05, 0) is 50.3 Å². The molecule has 1 aromatic rings. The monoisotopic (exact) mass is 247 g/mol. The van der Waals surface area contributed by atoms with Crippen molar-refractivity contribution in [2.45, 2.75) is 38.6 Å². The first-order valence-electron chi connectivity index (χ1n) is 6.58. The summed E-state index contributed by atoms with van der Waals surface area (Å²) in [6.07, 6.45) is 7.89. The molecular formula is C15H21NO2. The highest BCUT2D eigenvalue weighted by Gasteiger charge is 2.07.